The summed E-state index contributed by atoms with van der Waals surface area (Å²) in [7, 11) is 0. The normalized spacial score (nSPS) is 23.2. The van der Waals surface area contributed by atoms with Gasteiger partial charge in [-0.2, -0.15) is 0 Å². The first-order valence-corrected chi connectivity index (χ1v) is 7.84. The van der Waals surface area contributed by atoms with Gasteiger partial charge in [0, 0.05) is 0 Å². The van der Waals surface area contributed by atoms with Crippen LogP contribution < -0.4 is 0 Å². The van der Waals surface area contributed by atoms with E-state index in [4.69, 9.17) is 4.74 Å². The maximum atomic E-state index is 5.49. The van der Waals surface area contributed by atoms with Crippen LogP contribution in [0.25, 0.3) is 0 Å². The average molecular weight is 250 g/mol. The molecule has 1 rings (SSSR count). The van der Waals surface area contributed by atoms with Gasteiger partial charge in [-0.3, -0.25) is 0 Å². The van der Waals surface area contributed by atoms with E-state index in [9.17, 15) is 0 Å². The van der Waals surface area contributed by atoms with Gasteiger partial charge >= 0.3 is 0 Å². The van der Waals surface area contributed by atoms with Crippen molar-refractivity contribution < 1.29 is 4.74 Å². The molecule has 0 aromatic heterocycles. The van der Waals surface area contributed by atoms with E-state index in [2.05, 4.69) is 38.2 Å². The van der Waals surface area contributed by atoms with Gasteiger partial charge in [0.1, 0.15) is 0 Å². The van der Waals surface area contributed by atoms with Crippen LogP contribution in [0.3, 0.4) is 0 Å². The quantitative estimate of drug-likeness (QED) is 0.271. The van der Waals surface area contributed by atoms with Crippen LogP contribution in [0, 0.1) is 0 Å². The molecule has 1 aliphatic heterocycles. The highest BCUT2D eigenvalue weighted by Crippen LogP contribution is 2.28. The number of hydrogen-bond acceptors (Lipinski definition) is 1. The van der Waals surface area contributed by atoms with Crippen molar-refractivity contribution >= 4 is 0 Å². The van der Waals surface area contributed by atoms with E-state index in [1.165, 1.54) is 38.5 Å². The molecule has 0 radical (unpaired) electrons. The standard InChI is InChI=1S/C17H30O/c1-3-5-6-7-8-9-10-11-12-13-14-15-17-16(4-2)18-17/h10-11,13-14,16-17H,3-9,12,15H2,1-2H3/t16-,17+/m0/s1. The van der Waals surface area contributed by atoms with Crippen molar-refractivity contribution in [1.29, 1.82) is 0 Å². The van der Waals surface area contributed by atoms with Crippen LogP contribution in [0.2, 0.25) is 0 Å². The summed E-state index contributed by atoms with van der Waals surface area (Å²) < 4.78 is 5.49. The van der Waals surface area contributed by atoms with E-state index in [0.717, 1.165) is 19.3 Å². The Balaban J connectivity index is 1.83. The van der Waals surface area contributed by atoms with Gasteiger partial charge in [-0.05, 0) is 32.1 Å². The predicted molar refractivity (Wildman–Crippen MR) is 79.8 cm³/mol. The summed E-state index contributed by atoms with van der Waals surface area (Å²) in [6, 6.07) is 0. The van der Waals surface area contributed by atoms with Crippen molar-refractivity contribution in [2.24, 2.45) is 0 Å². The Hall–Kier alpha value is -0.560. The summed E-state index contributed by atoms with van der Waals surface area (Å²) in [5.41, 5.74) is 0. The number of hydrogen-bond donors (Lipinski definition) is 0. The summed E-state index contributed by atoms with van der Waals surface area (Å²) in [4.78, 5) is 0. The summed E-state index contributed by atoms with van der Waals surface area (Å²) in [6.45, 7) is 4.46. The number of epoxide rings is 1. The molecule has 104 valence electrons. The second-order valence-electron chi connectivity index (χ2n) is 5.24. The highest BCUT2D eigenvalue weighted by Gasteiger charge is 2.35. The van der Waals surface area contributed by atoms with E-state index < -0.39 is 0 Å². The zero-order chi connectivity index (χ0) is 13.1. The summed E-state index contributed by atoms with van der Waals surface area (Å²) >= 11 is 0. The van der Waals surface area contributed by atoms with Crippen LogP contribution in [-0.2, 0) is 4.74 Å². The van der Waals surface area contributed by atoms with E-state index in [1.807, 2.05) is 0 Å². The molecular formula is C17H30O. The molecule has 0 aromatic rings. The molecule has 1 heteroatoms. The molecule has 0 saturated carbocycles. The molecule has 0 N–H and O–H groups in total. The molecule has 0 aliphatic carbocycles. The van der Waals surface area contributed by atoms with Crippen LogP contribution in [0.15, 0.2) is 24.3 Å². The lowest BCUT2D eigenvalue weighted by molar-refractivity contribution is 0.367. The molecule has 0 spiro atoms. The van der Waals surface area contributed by atoms with E-state index in [1.54, 1.807) is 0 Å². The van der Waals surface area contributed by atoms with Crippen LogP contribution in [-0.4, -0.2) is 12.2 Å². The maximum Gasteiger partial charge on any atom is 0.0876 e. The van der Waals surface area contributed by atoms with Crippen molar-refractivity contribution in [3.05, 3.63) is 24.3 Å². The fraction of sp³-hybridized carbons (Fsp3) is 0.765. The predicted octanol–water partition coefficient (Wildman–Crippen LogP) is 5.42. The zero-order valence-electron chi connectivity index (χ0n) is 12.2. The molecule has 0 amide bonds. The fourth-order valence-electron chi connectivity index (χ4n) is 2.23. The monoisotopic (exact) mass is 250 g/mol. The average Bonchev–Trinajstić information content (AvgIpc) is 3.14. The molecule has 1 saturated heterocycles. The first-order valence-electron chi connectivity index (χ1n) is 7.84. The highest BCUT2D eigenvalue weighted by atomic mass is 16.6. The largest absolute Gasteiger partial charge is 0.369 e. The Morgan fingerprint density at radius 2 is 1.61 bits per heavy atom. The van der Waals surface area contributed by atoms with E-state index in [0.29, 0.717) is 12.2 Å². The van der Waals surface area contributed by atoms with Gasteiger partial charge in [0.05, 0.1) is 12.2 Å². The molecular weight excluding hydrogens is 220 g/mol. The Kier molecular flexibility index (Phi) is 8.93. The second-order valence-corrected chi connectivity index (χ2v) is 5.24. The van der Waals surface area contributed by atoms with Gasteiger partial charge in [-0.15, -0.1) is 0 Å². The minimum Gasteiger partial charge on any atom is -0.369 e. The van der Waals surface area contributed by atoms with Crippen LogP contribution in [0.4, 0.5) is 0 Å². The van der Waals surface area contributed by atoms with Gasteiger partial charge in [-0.25, -0.2) is 0 Å². The maximum absolute atomic E-state index is 5.49. The lowest BCUT2D eigenvalue weighted by atomic mass is 10.1. The smallest absolute Gasteiger partial charge is 0.0876 e. The topological polar surface area (TPSA) is 12.5 Å². The Morgan fingerprint density at radius 3 is 2.33 bits per heavy atom. The van der Waals surface area contributed by atoms with Gasteiger partial charge in [0.25, 0.3) is 0 Å². The van der Waals surface area contributed by atoms with E-state index in [-0.39, 0.29) is 0 Å². The summed E-state index contributed by atoms with van der Waals surface area (Å²) in [6.07, 6.45) is 21.7. The zero-order valence-corrected chi connectivity index (χ0v) is 12.2. The molecule has 18 heavy (non-hydrogen) atoms. The molecule has 0 bridgehead atoms. The highest BCUT2D eigenvalue weighted by molar-refractivity contribution is 4.97. The van der Waals surface area contributed by atoms with Crippen LogP contribution >= 0.6 is 0 Å². The fourth-order valence-corrected chi connectivity index (χ4v) is 2.23. The van der Waals surface area contributed by atoms with Crippen LogP contribution in [0.1, 0.15) is 71.6 Å². The SMILES string of the molecule is CCCCCCCC=CCC=CC[C@H]1O[C@H]1CC. The minimum atomic E-state index is 0.522. The van der Waals surface area contributed by atoms with E-state index >= 15 is 0 Å². The van der Waals surface area contributed by atoms with Crippen molar-refractivity contribution in [2.75, 3.05) is 0 Å². The third-order valence-electron chi connectivity index (χ3n) is 3.54. The number of ether oxygens (including phenoxy) is 1. The second kappa shape index (κ2) is 10.4. The van der Waals surface area contributed by atoms with Crippen LogP contribution in [0.5, 0.6) is 0 Å². The first kappa shape index (κ1) is 15.5. The summed E-state index contributed by atoms with van der Waals surface area (Å²) in [5.74, 6) is 0. The number of unbranched alkanes of at least 4 members (excludes halogenated alkanes) is 5. The van der Waals surface area contributed by atoms with Gasteiger partial charge in [0.2, 0.25) is 0 Å². The third-order valence-corrected chi connectivity index (χ3v) is 3.54. The summed E-state index contributed by atoms with van der Waals surface area (Å²) in [5, 5.41) is 0. The van der Waals surface area contributed by atoms with Crippen molar-refractivity contribution in [2.45, 2.75) is 83.8 Å². The minimum absolute atomic E-state index is 0.522. The van der Waals surface area contributed by atoms with Crippen molar-refractivity contribution in [3.8, 4) is 0 Å². The number of rotatable bonds is 11. The van der Waals surface area contributed by atoms with Gasteiger partial charge < -0.3 is 4.74 Å². The van der Waals surface area contributed by atoms with Crippen molar-refractivity contribution in [3.63, 3.8) is 0 Å². The molecule has 0 unspecified atom stereocenters. The Bertz CT molecular complexity index is 242. The van der Waals surface area contributed by atoms with Gasteiger partial charge in [0.15, 0.2) is 0 Å². The molecule has 1 fully saturated rings. The molecule has 2 atom stereocenters. The molecule has 0 aromatic carbocycles. The Labute approximate surface area is 113 Å². The lowest BCUT2D eigenvalue weighted by Gasteiger charge is -1.95. The number of allylic oxidation sites excluding steroid dienone is 3. The lowest BCUT2D eigenvalue weighted by Crippen LogP contribution is -1.88. The molecule has 1 aliphatic rings. The van der Waals surface area contributed by atoms with Crippen molar-refractivity contribution in [1.82, 2.24) is 0 Å². The Morgan fingerprint density at radius 1 is 0.833 bits per heavy atom. The molecule has 1 nitrogen and oxygen atoms in total. The third kappa shape index (κ3) is 7.71. The molecule has 1 heterocycles. The van der Waals surface area contributed by atoms with Gasteiger partial charge in [-0.1, -0.05) is 63.8 Å². The first-order chi connectivity index (χ1) is 8.88.